The molecule has 2 aliphatic rings. The van der Waals surface area contributed by atoms with Gasteiger partial charge < -0.3 is 15.1 Å². The summed E-state index contributed by atoms with van der Waals surface area (Å²) >= 11 is 6.18. The van der Waals surface area contributed by atoms with Crippen LogP contribution < -0.4 is 14.9 Å². The topological polar surface area (TPSA) is 81.8 Å². The first-order valence-corrected chi connectivity index (χ1v) is 11.8. The van der Waals surface area contributed by atoms with Gasteiger partial charge in [-0.05, 0) is 56.3 Å². The number of likely N-dealkylation sites (N-methyl/N-ethyl adjacent to an activating group) is 1. The Morgan fingerprint density at radius 1 is 1.07 bits per heavy atom. The zero-order valence-electron chi connectivity index (χ0n) is 16.8. The highest BCUT2D eigenvalue weighted by molar-refractivity contribution is 7.89. The molecule has 9 heteroatoms. The highest BCUT2D eigenvalue weighted by atomic mass is 35.5. The largest absolute Gasteiger partial charge is 0.367 e. The quantitative estimate of drug-likeness (QED) is 0.710. The number of sulfonamides is 1. The molecule has 0 radical (unpaired) electrons. The minimum absolute atomic E-state index is 0.00471. The Labute approximate surface area is 182 Å². The van der Waals surface area contributed by atoms with Crippen LogP contribution in [0.2, 0.25) is 5.02 Å². The van der Waals surface area contributed by atoms with Crippen LogP contribution in [-0.4, -0.2) is 58.5 Å². The monoisotopic (exact) mass is 448 g/mol. The first-order valence-electron chi connectivity index (χ1n) is 9.98. The maximum Gasteiger partial charge on any atom is 0.255 e. The number of nitrogens with zero attached hydrogens (tertiary/aromatic N) is 2. The predicted molar refractivity (Wildman–Crippen MR) is 119 cm³/mol. The van der Waals surface area contributed by atoms with E-state index in [4.69, 9.17) is 11.6 Å². The molecule has 1 heterocycles. The molecule has 0 unspecified atom stereocenters. The van der Waals surface area contributed by atoms with Crippen molar-refractivity contribution in [3.63, 3.8) is 0 Å². The molecule has 30 heavy (non-hydrogen) atoms. The molecule has 0 atom stereocenters. The number of nitrogens with one attached hydrogen (secondary N) is 2. The van der Waals surface area contributed by atoms with Crippen molar-refractivity contribution >= 4 is 38.9 Å². The summed E-state index contributed by atoms with van der Waals surface area (Å²) in [6.07, 6.45) is 1.70. The minimum atomic E-state index is -3.63. The minimum Gasteiger partial charge on any atom is -0.367 e. The van der Waals surface area contributed by atoms with Crippen LogP contribution in [0, 0.1) is 0 Å². The van der Waals surface area contributed by atoms with Crippen molar-refractivity contribution in [2.45, 2.75) is 23.8 Å². The Bertz CT molecular complexity index is 1050. The standard InChI is InChI=1S/C21H25ClN4O3S/c1-25-9-11-26(12-10-25)20-8-5-16(22)14-19(20)23-21(27)15-3-2-4-18(13-15)30(28,29)24-17-6-7-17/h2-5,8,13-14,17,24H,6-7,9-12H2,1H3,(H,23,27). The SMILES string of the molecule is CN1CCN(c2ccc(Cl)cc2NC(=O)c2cccc(S(=O)(=O)NC3CC3)c2)CC1. The molecule has 160 valence electrons. The molecule has 2 aromatic carbocycles. The summed E-state index contributed by atoms with van der Waals surface area (Å²) < 4.78 is 27.6. The van der Waals surface area contributed by atoms with Crippen molar-refractivity contribution in [1.29, 1.82) is 0 Å². The third kappa shape index (κ3) is 4.95. The summed E-state index contributed by atoms with van der Waals surface area (Å²) in [5.74, 6) is -0.379. The van der Waals surface area contributed by atoms with Gasteiger partial charge in [0.25, 0.3) is 5.91 Å². The van der Waals surface area contributed by atoms with Gasteiger partial charge in [-0.25, -0.2) is 13.1 Å². The van der Waals surface area contributed by atoms with Crippen LogP contribution in [0.1, 0.15) is 23.2 Å². The van der Waals surface area contributed by atoms with E-state index in [1.54, 1.807) is 18.2 Å². The summed E-state index contributed by atoms with van der Waals surface area (Å²) in [5.41, 5.74) is 1.79. The van der Waals surface area contributed by atoms with Gasteiger partial charge in [0.1, 0.15) is 0 Å². The van der Waals surface area contributed by atoms with Gasteiger partial charge in [-0.3, -0.25) is 4.79 Å². The van der Waals surface area contributed by atoms with Crippen molar-refractivity contribution < 1.29 is 13.2 Å². The molecule has 7 nitrogen and oxygen atoms in total. The summed E-state index contributed by atoms with van der Waals surface area (Å²) in [5, 5.41) is 3.44. The molecule has 1 saturated heterocycles. The van der Waals surface area contributed by atoms with Gasteiger partial charge in [-0.2, -0.15) is 0 Å². The average molecular weight is 449 g/mol. The number of carbonyl (C=O) groups excluding carboxylic acids is 1. The predicted octanol–water partition coefficient (Wildman–Crippen LogP) is 2.78. The molecule has 0 spiro atoms. The van der Waals surface area contributed by atoms with E-state index in [1.807, 2.05) is 12.1 Å². The van der Waals surface area contributed by atoms with E-state index < -0.39 is 10.0 Å². The first-order chi connectivity index (χ1) is 14.3. The Morgan fingerprint density at radius 2 is 1.80 bits per heavy atom. The van der Waals surface area contributed by atoms with Gasteiger partial charge in [0.2, 0.25) is 10.0 Å². The maximum absolute atomic E-state index is 12.9. The Hall–Kier alpha value is -2.13. The normalized spacial score (nSPS) is 17.7. The molecule has 0 aromatic heterocycles. The van der Waals surface area contributed by atoms with Crippen LogP contribution in [0.25, 0.3) is 0 Å². The van der Waals surface area contributed by atoms with Gasteiger partial charge >= 0.3 is 0 Å². The van der Waals surface area contributed by atoms with Gasteiger partial charge in [0, 0.05) is 42.8 Å². The fraction of sp³-hybridized carbons (Fsp3) is 0.381. The van der Waals surface area contributed by atoms with Gasteiger partial charge in [-0.15, -0.1) is 0 Å². The molecule has 1 aliphatic heterocycles. The van der Waals surface area contributed by atoms with E-state index in [0.717, 1.165) is 44.7 Å². The van der Waals surface area contributed by atoms with Crippen LogP contribution in [0.15, 0.2) is 47.4 Å². The number of rotatable bonds is 6. The van der Waals surface area contributed by atoms with E-state index in [9.17, 15) is 13.2 Å². The second-order valence-corrected chi connectivity index (χ2v) is 9.98. The summed E-state index contributed by atoms with van der Waals surface area (Å²) in [6, 6.07) is 11.5. The summed E-state index contributed by atoms with van der Waals surface area (Å²) in [6.45, 7) is 3.57. The van der Waals surface area contributed by atoms with Crippen molar-refractivity contribution in [3.05, 3.63) is 53.1 Å². The van der Waals surface area contributed by atoms with Crippen LogP contribution in [0.5, 0.6) is 0 Å². The number of hydrogen-bond acceptors (Lipinski definition) is 5. The number of hydrogen-bond donors (Lipinski definition) is 2. The van der Waals surface area contributed by atoms with Gasteiger partial charge in [0.05, 0.1) is 16.3 Å². The molecule has 2 N–H and O–H groups in total. The number of amides is 1. The highest BCUT2D eigenvalue weighted by Crippen LogP contribution is 2.30. The Morgan fingerprint density at radius 3 is 2.50 bits per heavy atom. The lowest BCUT2D eigenvalue weighted by Crippen LogP contribution is -2.44. The zero-order valence-corrected chi connectivity index (χ0v) is 18.3. The van der Waals surface area contributed by atoms with Crippen molar-refractivity contribution in [3.8, 4) is 0 Å². The van der Waals surface area contributed by atoms with E-state index in [1.165, 1.54) is 12.1 Å². The molecular weight excluding hydrogens is 424 g/mol. The zero-order chi connectivity index (χ0) is 21.3. The molecular formula is C21H25ClN4O3S. The maximum atomic E-state index is 12.9. The van der Waals surface area contributed by atoms with Gasteiger partial charge in [0.15, 0.2) is 0 Å². The van der Waals surface area contributed by atoms with Crippen molar-refractivity contribution in [1.82, 2.24) is 9.62 Å². The lowest BCUT2D eigenvalue weighted by molar-refractivity contribution is 0.102. The molecule has 1 aliphatic carbocycles. The number of piperazine rings is 1. The third-order valence-corrected chi connectivity index (χ3v) is 7.11. The number of anilines is 2. The fourth-order valence-corrected chi connectivity index (χ4v) is 4.94. The first kappa shape index (κ1) is 21.1. The second-order valence-electron chi connectivity index (χ2n) is 7.83. The molecule has 4 rings (SSSR count). The van der Waals surface area contributed by atoms with Crippen molar-refractivity contribution in [2.24, 2.45) is 0 Å². The molecule has 2 aromatic rings. The smallest absolute Gasteiger partial charge is 0.255 e. The second kappa shape index (κ2) is 8.55. The Kier molecular flexibility index (Phi) is 6.02. The fourth-order valence-electron chi connectivity index (χ4n) is 3.42. The number of carbonyl (C=O) groups is 1. The third-order valence-electron chi connectivity index (χ3n) is 5.36. The highest BCUT2D eigenvalue weighted by Gasteiger charge is 2.28. The Balaban J connectivity index is 1.55. The van der Waals surface area contributed by atoms with Crippen LogP contribution in [0.4, 0.5) is 11.4 Å². The lowest BCUT2D eigenvalue weighted by Gasteiger charge is -2.35. The van der Waals surface area contributed by atoms with Gasteiger partial charge in [-0.1, -0.05) is 17.7 Å². The van der Waals surface area contributed by atoms with E-state index >= 15 is 0 Å². The number of halogens is 1. The van der Waals surface area contributed by atoms with Crippen molar-refractivity contribution in [2.75, 3.05) is 43.4 Å². The molecule has 1 amide bonds. The van der Waals surface area contributed by atoms with Crippen LogP contribution in [0.3, 0.4) is 0 Å². The van der Waals surface area contributed by atoms with E-state index in [2.05, 4.69) is 26.9 Å². The molecule has 0 bridgehead atoms. The van der Waals surface area contributed by atoms with Crippen LogP contribution in [-0.2, 0) is 10.0 Å². The molecule has 1 saturated carbocycles. The average Bonchev–Trinajstić information content (AvgIpc) is 3.52. The summed E-state index contributed by atoms with van der Waals surface area (Å²) in [7, 11) is -1.54. The number of benzene rings is 2. The summed E-state index contributed by atoms with van der Waals surface area (Å²) in [4.78, 5) is 17.5. The lowest BCUT2D eigenvalue weighted by atomic mass is 10.1. The van der Waals surface area contributed by atoms with E-state index in [-0.39, 0.29) is 22.4 Å². The van der Waals surface area contributed by atoms with E-state index in [0.29, 0.717) is 10.7 Å². The van der Waals surface area contributed by atoms with Crippen LogP contribution >= 0.6 is 11.6 Å². The molecule has 2 fully saturated rings.